The third-order valence-electron chi connectivity index (χ3n) is 4.27. The molecule has 1 aliphatic carbocycles. The summed E-state index contributed by atoms with van der Waals surface area (Å²) in [5.41, 5.74) is 0.892. The largest absolute Gasteiger partial charge is 0.488 e. The van der Waals surface area contributed by atoms with Crippen LogP contribution in [0.5, 0.6) is 5.75 Å². The van der Waals surface area contributed by atoms with E-state index in [1.54, 1.807) is 19.9 Å². The standard InChI is InChI=1S/C16H21NO4S/c1-3-20-16(18)15-10(2)17-14-9-12(15)21-11-7-5-4-6-8-13(11)22(14)19/h9,11,13H,3-8H2,1-2H3. The molecule has 1 fully saturated rings. The normalized spacial score (nSPS) is 27.1. The fourth-order valence-corrected chi connectivity index (χ4v) is 4.81. The molecular weight excluding hydrogens is 302 g/mol. The average molecular weight is 323 g/mol. The van der Waals surface area contributed by atoms with Gasteiger partial charge in [-0.05, 0) is 33.1 Å². The van der Waals surface area contributed by atoms with Gasteiger partial charge in [-0.25, -0.2) is 9.78 Å². The quantitative estimate of drug-likeness (QED) is 0.783. The van der Waals surface area contributed by atoms with Crippen molar-refractivity contribution in [1.82, 2.24) is 4.98 Å². The number of hydrogen-bond donors (Lipinski definition) is 0. The van der Waals surface area contributed by atoms with Gasteiger partial charge in [-0.15, -0.1) is 0 Å². The molecule has 3 rings (SSSR count). The summed E-state index contributed by atoms with van der Waals surface area (Å²) < 4.78 is 24.0. The van der Waals surface area contributed by atoms with E-state index < -0.39 is 16.8 Å². The zero-order valence-corrected chi connectivity index (χ0v) is 13.8. The summed E-state index contributed by atoms with van der Waals surface area (Å²) in [6, 6.07) is 1.66. The highest BCUT2D eigenvalue weighted by molar-refractivity contribution is 7.85. The van der Waals surface area contributed by atoms with Crippen molar-refractivity contribution < 1.29 is 18.5 Å². The van der Waals surface area contributed by atoms with E-state index in [0.29, 0.717) is 28.6 Å². The Balaban J connectivity index is 2.04. The highest BCUT2D eigenvalue weighted by Gasteiger charge is 2.36. The van der Waals surface area contributed by atoms with Gasteiger partial charge >= 0.3 is 5.97 Å². The van der Waals surface area contributed by atoms with Crippen LogP contribution in [-0.2, 0) is 15.5 Å². The summed E-state index contributed by atoms with van der Waals surface area (Å²) >= 11 is 0. The van der Waals surface area contributed by atoms with Crippen LogP contribution < -0.4 is 4.74 Å². The maximum Gasteiger partial charge on any atom is 0.343 e. The molecule has 2 aliphatic rings. The molecule has 1 aliphatic heterocycles. The molecule has 0 N–H and O–H groups in total. The molecule has 2 bridgehead atoms. The Morgan fingerprint density at radius 3 is 2.95 bits per heavy atom. The van der Waals surface area contributed by atoms with Gasteiger partial charge in [0.25, 0.3) is 0 Å². The summed E-state index contributed by atoms with van der Waals surface area (Å²) in [5, 5.41) is 0.485. The van der Waals surface area contributed by atoms with Crippen LogP contribution in [0.1, 0.15) is 55.1 Å². The van der Waals surface area contributed by atoms with Crippen molar-refractivity contribution in [3.63, 3.8) is 0 Å². The molecule has 0 saturated heterocycles. The molecule has 1 aromatic heterocycles. The fourth-order valence-electron chi connectivity index (χ4n) is 3.20. The number of pyridine rings is 1. The lowest BCUT2D eigenvalue weighted by Gasteiger charge is -2.22. The van der Waals surface area contributed by atoms with Crippen LogP contribution in [-0.4, -0.2) is 33.1 Å². The number of ether oxygens (including phenoxy) is 2. The molecule has 120 valence electrons. The molecule has 0 amide bonds. The Bertz CT molecular complexity index is 616. The van der Waals surface area contributed by atoms with Crippen molar-refractivity contribution in [2.24, 2.45) is 0 Å². The molecule has 1 aromatic rings. The van der Waals surface area contributed by atoms with Gasteiger partial charge in [0, 0.05) is 6.07 Å². The predicted octanol–water partition coefficient (Wildman–Crippen LogP) is 2.77. The summed E-state index contributed by atoms with van der Waals surface area (Å²) in [6.07, 6.45) is 4.91. The van der Waals surface area contributed by atoms with Gasteiger partial charge in [-0.1, -0.05) is 12.8 Å². The highest BCUT2D eigenvalue weighted by Crippen LogP contribution is 2.35. The smallest absolute Gasteiger partial charge is 0.343 e. The number of hydrogen-bond acceptors (Lipinski definition) is 5. The van der Waals surface area contributed by atoms with Crippen LogP contribution in [0.2, 0.25) is 0 Å². The number of nitrogens with zero attached hydrogens (tertiary/aromatic N) is 1. The van der Waals surface area contributed by atoms with Gasteiger partial charge in [0.2, 0.25) is 0 Å². The molecule has 6 heteroatoms. The van der Waals surface area contributed by atoms with E-state index in [1.807, 2.05) is 0 Å². The lowest BCUT2D eigenvalue weighted by atomic mass is 10.1. The van der Waals surface area contributed by atoms with Crippen LogP contribution in [0.25, 0.3) is 0 Å². The number of aromatic nitrogens is 1. The van der Waals surface area contributed by atoms with E-state index in [0.717, 1.165) is 32.1 Å². The van der Waals surface area contributed by atoms with Crippen LogP contribution >= 0.6 is 0 Å². The number of rotatable bonds is 2. The summed E-state index contributed by atoms with van der Waals surface area (Å²) in [4.78, 5) is 16.6. The van der Waals surface area contributed by atoms with Crippen LogP contribution in [0.15, 0.2) is 11.1 Å². The first kappa shape index (κ1) is 15.5. The second kappa shape index (κ2) is 6.36. The van der Waals surface area contributed by atoms with Gasteiger partial charge in [0.05, 0.1) is 28.4 Å². The molecule has 3 unspecified atom stereocenters. The molecule has 1 saturated carbocycles. The van der Waals surface area contributed by atoms with E-state index in [1.165, 1.54) is 0 Å². The zero-order chi connectivity index (χ0) is 15.7. The number of aryl methyl sites for hydroxylation is 1. The number of esters is 1. The summed E-state index contributed by atoms with van der Waals surface area (Å²) in [7, 11) is -1.18. The lowest BCUT2D eigenvalue weighted by Crippen LogP contribution is -2.33. The minimum absolute atomic E-state index is 0.0376. The first-order chi connectivity index (χ1) is 10.6. The fraction of sp³-hybridized carbons (Fsp3) is 0.625. The monoisotopic (exact) mass is 323 g/mol. The van der Waals surface area contributed by atoms with Gasteiger partial charge < -0.3 is 9.47 Å². The van der Waals surface area contributed by atoms with Gasteiger partial charge in [0.15, 0.2) is 0 Å². The van der Waals surface area contributed by atoms with Crippen LogP contribution in [0.4, 0.5) is 0 Å². The third-order valence-corrected chi connectivity index (χ3v) is 5.98. The second-order valence-electron chi connectivity index (χ2n) is 5.77. The van der Waals surface area contributed by atoms with Crippen LogP contribution in [0, 0.1) is 6.92 Å². The number of carbonyl (C=O) groups excluding carboxylic acids is 1. The molecule has 0 spiro atoms. The summed E-state index contributed by atoms with van der Waals surface area (Å²) in [6.45, 7) is 3.81. The molecule has 3 atom stereocenters. The number of fused-ring (bicyclic) bond motifs is 3. The minimum atomic E-state index is -1.18. The first-order valence-corrected chi connectivity index (χ1v) is 9.09. The Morgan fingerprint density at radius 2 is 2.18 bits per heavy atom. The molecular formula is C16H21NO4S. The average Bonchev–Trinajstić information content (AvgIpc) is 2.75. The third kappa shape index (κ3) is 2.76. The van der Waals surface area contributed by atoms with Crippen molar-refractivity contribution in [2.75, 3.05) is 6.61 Å². The van der Waals surface area contributed by atoms with Crippen molar-refractivity contribution in [1.29, 1.82) is 0 Å². The topological polar surface area (TPSA) is 65.5 Å². The summed E-state index contributed by atoms with van der Waals surface area (Å²) in [5.74, 6) is 0.0515. The van der Waals surface area contributed by atoms with Crippen molar-refractivity contribution in [3.05, 3.63) is 17.3 Å². The Morgan fingerprint density at radius 1 is 1.41 bits per heavy atom. The zero-order valence-electron chi connectivity index (χ0n) is 13.0. The second-order valence-corrected chi connectivity index (χ2v) is 7.39. The van der Waals surface area contributed by atoms with E-state index in [-0.39, 0.29) is 11.4 Å². The number of carbonyl (C=O) groups is 1. The van der Waals surface area contributed by atoms with E-state index in [4.69, 9.17) is 9.47 Å². The molecule has 5 nitrogen and oxygen atoms in total. The Labute approximate surface area is 132 Å². The Hall–Kier alpha value is -1.43. The van der Waals surface area contributed by atoms with E-state index in [9.17, 15) is 9.00 Å². The predicted molar refractivity (Wildman–Crippen MR) is 82.6 cm³/mol. The maximum absolute atomic E-state index is 12.8. The van der Waals surface area contributed by atoms with Crippen molar-refractivity contribution in [2.45, 2.75) is 62.3 Å². The minimum Gasteiger partial charge on any atom is -0.488 e. The molecule has 0 aromatic carbocycles. The highest BCUT2D eigenvalue weighted by atomic mass is 32.2. The molecule has 0 radical (unpaired) electrons. The van der Waals surface area contributed by atoms with E-state index in [2.05, 4.69) is 4.98 Å². The van der Waals surface area contributed by atoms with Gasteiger partial charge in [-0.2, -0.15) is 0 Å². The first-order valence-electron chi connectivity index (χ1n) is 7.87. The molecule has 2 heterocycles. The van der Waals surface area contributed by atoms with Crippen molar-refractivity contribution >= 4 is 16.8 Å². The maximum atomic E-state index is 12.8. The van der Waals surface area contributed by atoms with Gasteiger partial charge in [-0.3, -0.25) is 4.21 Å². The molecule has 22 heavy (non-hydrogen) atoms. The van der Waals surface area contributed by atoms with Gasteiger partial charge in [0.1, 0.15) is 22.4 Å². The van der Waals surface area contributed by atoms with Crippen LogP contribution in [0.3, 0.4) is 0 Å². The van der Waals surface area contributed by atoms with Crippen molar-refractivity contribution in [3.8, 4) is 5.75 Å². The van der Waals surface area contributed by atoms with E-state index >= 15 is 0 Å². The lowest BCUT2D eigenvalue weighted by molar-refractivity contribution is 0.0516. The Kier molecular flexibility index (Phi) is 4.47. The SMILES string of the molecule is CCOC(=O)c1c2cc(nc1C)S(=O)C1CCCCCC1O2.